The van der Waals surface area contributed by atoms with Crippen molar-refractivity contribution < 1.29 is 0 Å². The van der Waals surface area contributed by atoms with Crippen LogP contribution in [-0.2, 0) is 0 Å². The summed E-state index contributed by atoms with van der Waals surface area (Å²) in [7, 11) is 0. The van der Waals surface area contributed by atoms with Crippen LogP contribution in [-0.4, -0.2) is 52.2 Å². The number of nitrogens with zero attached hydrogens (tertiary/aromatic N) is 4. The number of nitrogens with one attached hydrogen (secondary N) is 2. The number of H-pyrrole nitrogens is 1. The molecule has 1 aromatic rings. The van der Waals surface area contributed by atoms with Crippen molar-refractivity contribution >= 4 is 29.9 Å². The van der Waals surface area contributed by atoms with Crippen LogP contribution in [0.2, 0.25) is 0 Å². The van der Waals surface area contributed by atoms with Gasteiger partial charge in [-0.05, 0) is 25.7 Å². The predicted octanol–water partition coefficient (Wildman–Crippen LogP) is 3.00. The van der Waals surface area contributed by atoms with E-state index in [9.17, 15) is 0 Å². The third-order valence-electron chi connectivity index (χ3n) is 4.60. The van der Waals surface area contributed by atoms with E-state index in [0.717, 1.165) is 50.8 Å². The maximum Gasteiger partial charge on any atom is 0.193 e. The fourth-order valence-corrected chi connectivity index (χ4v) is 2.96. The molecule has 6 nitrogen and oxygen atoms in total. The Hall–Kier alpha value is -0.860. The first kappa shape index (κ1) is 20.2. The molecule has 0 aromatic carbocycles. The summed E-state index contributed by atoms with van der Waals surface area (Å²) in [4.78, 5) is 11.5. The lowest BCUT2D eigenvalue weighted by molar-refractivity contribution is 0.298. The third-order valence-corrected chi connectivity index (χ3v) is 4.60. The first-order valence-electron chi connectivity index (χ1n) is 8.66. The number of aromatic amines is 1. The second-order valence-electron chi connectivity index (χ2n) is 6.01. The Kier molecular flexibility index (Phi) is 9.50. The SMILES string of the molecule is CCNC(=NCC(CC)CC)N1CCC(c2ncn[nH]2)CC1.I. The van der Waals surface area contributed by atoms with Gasteiger partial charge in [-0.2, -0.15) is 5.10 Å². The van der Waals surface area contributed by atoms with Crippen molar-refractivity contribution in [2.45, 2.75) is 52.4 Å². The van der Waals surface area contributed by atoms with Gasteiger partial charge < -0.3 is 10.2 Å². The molecule has 0 spiro atoms. The molecule has 2 N–H and O–H groups in total. The number of aromatic nitrogens is 3. The molecule has 1 aliphatic heterocycles. The lowest BCUT2D eigenvalue weighted by Gasteiger charge is -2.33. The van der Waals surface area contributed by atoms with Gasteiger partial charge in [-0.25, -0.2) is 4.98 Å². The smallest absolute Gasteiger partial charge is 0.193 e. The highest BCUT2D eigenvalue weighted by atomic mass is 127. The van der Waals surface area contributed by atoms with Gasteiger partial charge in [-0.1, -0.05) is 26.7 Å². The highest BCUT2D eigenvalue weighted by molar-refractivity contribution is 14.0. The van der Waals surface area contributed by atoms with Crippen LogP contribution in [0.3, 0.4) is 0 Å². The summed E-state index contributed by atoms with van der Waals surface area (Å²) in [6, 6.07) is 0. The van der Waals surface area contributed by atoms with Crippen LogP contribution in [0.4, 0.5) is 0 Å². The van der Waals surface area contributed by atoms with Crippen LogP contribution in [0.15, 0.2) is 11.3 Å². The summed E-state index contributed by atoms with van der Waals surface area (Å²) >= 11 is 0. The van der Waals surface area contributed by atoms with E-state index in [1.54, 1.807) is 6.33 Å². The van der Waals surface area contributed by atoms with Gasteiger partial charge >= 0.3 is 0 Å². The molecule has 7 heteroatoms. The molecule has 2 heterocycles. The Balaban J connectivity index is 0.00000264. The zero-order valence-corrected chi connectivity index (χ0v) is 16.9. The summed E-state index contributed by atoms with van der Waals surface area (Å²) in [5.41, 5.74) is 0. The fourth-order valence-electron chi connectivity index (χ4n) is 2.96. The van der Waals surface area contributed by atoms with Gasteiger partial charge in [0.15, 0.2) is 5.96 Å². The number of likely N-dealkylation sites (tertiary alicyclic amines) is 1. The summed E-state index contributed by atoms with van der Waals surface area (Å²) in [5.74, 6) is 3.30. The molecule has 0 aliphatic carbocycles. The van der Waals surface area contributed by atoms with Crippen molar-refractivity contribution in [3.05, 3.63) is 12.2 Å². The van der Waals surface area contributed by atoms with Gasteiger partial charge in [0.2, 0.25) is 0 Å². The van der Waals surface area contributed by atoms with E-state index < -0.39 is 0 Å². The minimum Gasteiger partial charge on any atom is -0.357 e. The quantitative estimate of drug-likeness (QED) is 0.410. The standard InChI is InChI=1S/C16H30N6.HI/c1-4-13(5-2)11-18-16(17-6-3)22-9-7-14(8-10-22)15-19-12-20-21-15;/h12-14H,4-11H2,1-3H3,(H,17,18)(H,19,20,21);1H. The normalized spacial score (nSPS) is 16.5. The molecule has 0 atom stereocenters. The first-order valence-corrected chi connectivity index (χ1v) is 8.66. The van der Waals surface area contributed by atoms with E-state index in [1.165, 1.54) is 12.8 Å². The summed E-state index contributed by atoms with van der Waals surface area (Å²) in [6.45, 7) is 10.5. The van der Waals surface area contributed by atoms with Crippen molar-refractivity contribution in [2.24, 2.45) is 10.9 Å². The largest absolute Gasteiger partial charge is 0.357 e. The van der Waals surface area contributed by atoms with Crippen molar-refractivity contribution in [2.75, 3.05) is 26.2 Å². The zero-order valence-electron chi connectivity index (χ0n) is 14.6. The zero-order chi connectivity index (χ0) is 15.8. The van der Waals surface area contributed by atoms with Gasteiger partial charge in [0, 0.05) is 32.1 Å². The number of guanidine groups is 1. The molecule has 1 aliphatic rings. The Morgan fingerprint density at radius 1 is 1.35 bits per heavy atom. The highest BCUT2D eigenvalue weighted by Gasteiger charge is 2.24. The number of hydrogen-bond acceptors (Lipinski definition) is 3. The Morgan fingerprint density at radius 3 is 2.57 bits per heavy atom. The summed E-state index contributed by atoms with van der Waals surface area (Å²) in [5, 5.41) is 10.4. The van der Waals surface area contributed by atoms with Crippen LogP contribution in [0.1, 0.15) is 58.2 Å². The van der Waals surface area contributed by atoms with Crippen LogP contribution in [0.25, 0.3) is 0 Å². The summed E-state index contributed by atoms with van der Waals surface area (Å²) in [6.07, 6.45) is 6.21. The molecule has 0 bridgehead atoms. The van der Waals surface area contributed by atoms with E-state index in [-0.39, 0.29) is 24.0 Å². The lowest BCUT2D eigenvalue weighted by atomic mass is 9.96. The average Bonchev–Trinajstić information content (AvgIpc) is 3.09. The number of piperidine rings is 1. The molecule has 0 unspecified atom stereocenters. The molecule has 132 valence electrons. The highest BCUT2D eigenvalue weighted by Crippen LogP contribution is 2.25. The number of rotatable bonds is 6. The third kappa shape index (κ3) is 5.93. The van der Waals surface area contributed by atoms with Crippen molar-refractivity contribution in [1.82, 2.24) is 25.4 Å². The maximum absolute atomic E-state index is 4.86. The van der Waals surface area contributed by atoms with Crippen LogP contribution >= 0.6 is 24.0 Å². The van der Waals surface area contributed by atoms with Crippen molar-refractivity contribution in [3.8, 4) is 0 Å². The molecule has 2 rings (SSSR count). The van der Waals surface area contributed by atoms with E-state index in [2.05, 4.69) is 46.2 Å². The van der Waals surface area contributed by atoms with E-state index in [0.29, 0.717) is 11.8 Å². The molecule has 0 amide bonds. The lowest BCUT2D eigenvalue weighted by Crippen LogP contribution is -2.45. The molecular weight excluding hydrogens is 403 g/mol. The minimum atomic E-state index is 0. The van der Waals surface area contributed by atoms with E-state index >= 15 is 0 Å². The van der Waals surface area contributed by atoms with Gasteiger partial charge in [-0.3, -0.25) is 10.1 Å². The number of halogens is 1. The van der Waals surface area contributed by atoms with Crippen LogP contribution in [0.5, 0.6) is 0 Å². The van der Waals surface area contributed by atoms with Crippen molar-refractivity contribution in [3.63, 3.8) is 0 Å². The number of hydrogen-bond donors (Lipinski definition) is 2. The Morgan fingerprint density at radius 2 is 2.04 bits per heavy atom. The van der Waals surface area contributed by atoms with Gasteiger partial charge in [-0.15, -0.1) is 24.0 Å². The Labute approximate surface area is 157 Å². The molecular formula is C16H31IN6. The van der Waals surface area contributed by atoms with Crippen molar-refractivity contribution in [1.29, 1.82) is 0 Å². The fraction of sp³-hybridized carbons (Fsp3) is 0.812. The molecule has 23 heavy (non-hydrogen) atoms. The number of aliphatic imine (C=N–C) groups is 1. The second-order valence-corrected chi connectivity index (χ2v) is 6.01. The maximum atomic E-state index is 4.86. The minimum absolute atomic E-state index is 0. The van der Waals surface area contributed by atoms with Crippen LogP contribution < -0.4 is 5.32 Å². The Bertz CT molecular complexity index is 435. The average molecular weight is 434 g/mol. The van der Waals surface area contributed by atoms with Crippen LogP contribution in [0, 0.1) is 5.92 Å². The molecule has 1 aromatic heterocycles. The molecule has 0 saturated carbocycles. The van der Waals surface area contributed by atoms with Gasteiger partial charge in [0.05, 0.1) is 0 Å². The predicted molar refractivity (Wildman–Crippen MR) is 105 cm³/mol. The van der Waals surface area contributed by atoms with E-state index in [4.69, 9.17) is 4.99 Å². The van der Waals surface area contributed by atoms with Gasteiger partial charge in [0.1, 0.15) is 12.2 Å². The summed E-state index contributed by atoms with van der Waals surface area (Å²) < 4.78 is 0. The van der Waals surface area contributed by atoms with Gasteiger partial charge in [0.25, 0.3) is 0 Å². The topological polar surface area (TPSA) is 69.2 Å². The molecule has 1 saturated heterocycles. The first-order chi connectivity index (χ1) is 10.8. The second kappa shape index (κ2) is 10.8. The molecule has 1 fully saturated rings. The van der Waals surface area contributed by atoms with E-state index in [1.807, 2.05) is 0 Å². The molecule has 0 radical (unpaired) electrons. The monoisotopic (exact) mass is 434 g/mol.